The maximum Gasteiger partial charge on any atom is 0.191 e. The number of nitrogens with one attached hydrogen (secondary N) is 2. The van der Waals surface area contributed by atoms with E-state index in [9.17, 15) is 5.11 Å². The molecule has 0 amide bonds. The Morgan fingerprint density at radius 1 is 1.17 bits per heavy atom. The van der Waals surface area contributed by atoms with E-state index in [2.05, 4.69) is 22.5 Å². The van der Waals surface area contributed by atoms with Crippen LogP contribution in [0.4, 0.5) is 0 Å². The van der Waals surface area contributed by atoms with Gasteiger partial charge in [0.15, 0.2) is 5.96 Å². The van der Waals surface area contributed by atoms with E-state index in [1.165, 1.54) is 0 Å². The van der Waals surface area contributed by atoms with Gasteiger partial charge in [0.1, 0.15) is 0 Å². The van der Waals surface area contributed by atoms with E-state index in [0.29, 0.717) is 13.0 Å². The Kier molecular flexibility index (Phi) is 15.1. The van der Waals surface area contributed by atoms with Crippen LogP contribution in [-0.2, 0) is 4.74 Å². The van der Waals surface area contributed by atoms with Crippen molar-refractivity contribution in [1.82, 2.24) is 10.6 Å². The lowest BCUT2D eigenvalue weighted by Crippen LogP contribution is -2.38. The Balaban J connectivity index is 0.00000529. The topological polar surface area (TPSA) is 65.9 Å². The largest absolute Gasteiger partial charge is 0.388 e. The fourth-order valence-corrected chi connectivity index (χ4v) is 2.24. The molecule has 5 nitrogen and oxygen atoms in total. The summed E-state index contributed by atoms with van der Waals surface area (Å²) >= 11 is 0. The molecule has 0 aliphatic heterocycles. The zero-order chi connectivity index (χ0) is 16.8. The Labute approximate surface area is 163 Å². The van der Waals surface area contributed by atoms with Crippen molar-refractivity contribution in [1.29, 1.82) is 0 Å². The minimum atomic E-state index is -0.444. The van der Waals surface area contributed by atoms with Crippen LogP contribution in [0.5, 0.6) is 0 Å². The predicted octanol–water partition coefficient (Wildman–Crippen LogP) is 3.10. The monoisotopic (exact) mass is 449 g/mol. The van der Waals surface area contributed by atoms with Gasteiger partial charge in [0, 0.05) is 33.4 Å². The van der Waals surface area contributed by atoms with Crippen LogP contribution < -0.4 is 10.6 Å². The number of ether oxygens (including phenoxy) is 1. The van der Waals surface area contributed by atoms with Crippen LogP contribution in [-0.4, -0.2) is 44.4 Å². The van der Waals surface area contributed by atoms with E-state index in [1.54, 1.807) is 7.11 Å². The highest BCUT2D eigenvalue weighted by Gasteiger charge is 2.06. The summed E-state index contributed by atoms with van der Waals surface area (Å²) in [5, 5.41) is 16.7. The highest BCUT2D eigenvalue weighted by atomic mass is 127. The zero-order valence-corrected chi connectivity index (χ0v) is 17.2. The second-order valence-electron chi connectivity index (χ2n) is 5.46. The molecule has 1 aromatic carbocycles. The summed E-state index contributed by atoms with van der Waals surface area (Å²) < 4.78 is 5.04. The molecule has 0 aromatic heterocycles. The normalized spacial score (nSPS) is 12.4. The number of guanidine groups is 1. The number of methoxy groups -OCH3 is 1. The molecule has 24 heavy (non-hydrogen) atoms. The average Bonchev–Trinajstić information content (AvgIpc) is 2.58. The third kappa shape index (κ3) is 10.8. The first kappa shape index (κ1) is 23.1. The van der Waals surface area contributed by atoms with Gasteiger partial charge in [-0.2, -0.15) is 0 Å². The Bertz CT molecular complexity index is 430. The molecule has 3 N–H and O–H groups in total. The van der Waals surface area contributed by atoms with Gasteiger partial charge in [0.2, 0.25) is 0 Å². The number of rotatable bonds is 11. The summed E-state index contributed by atoms with van der Waals surface area (Å²) in [4.78, 5) is 4.55. The van der Waals surface area contributed by atoms with Crippen molar-refractivity contribution >= 4 is 29.9 Å². The van der Waals surface area contributed by atoms with Gasteiger partial charge in [-0.3, -0.25) is 4.99 Å². The fraction of sp³-hybridized carbons (Fsp3) is 0.611. The van der Waals surface area contributed by atoms with Crippen LogP contribution in [0.3, 0.4) is 0 Å². The first-order valence-electron chi connectivity index (χ1n) is 8.52. The molecule has 0 spiro atoms. The fourth-order valence-electron chi connectivity index (χ4n) is 2.24. The first-order valence-corrected chi connectivity index (χ1v) is 8.52. The molecule has 0 saturated heterocycles. The molecule has 1 rings (SSSR count). The summed E-state index contributed by atoms with van der Waals surface area (Å²) in [5.74, 6) is 0.819. The number of aliphatic hydroxyl groups excluding tert-OH is 1. The van der Waals surface area contributed by atoms with E-state index >= 15 is 0 Å². The van der Waals surface area contributed by atoms with Crippen LogP contribution in [0.1, 0.15) is 44.3 Å². The van der Waals surface area contributed by atoms with Gasteiger partial charge >= 0.3 is 0 Å². The Morgan fingerprint density at radius 3 is 2.58 bits per heavy atom. The molecule has 6 heteroatoms. The van der Waals surface area contributed by atoms with Crippen LogP contribution in [0.15, 0.2) is 35.3 Å². The van der Waals surface area contributed by atoms with Crippen molar-refractivity contribution in [3.63, 3.8) is 0 Å². The van der Waals surface area contributed by atoms with Crippen molar-refractivity contribution in [2.75, 3.05) is 33.4 Å². The molecule has 138 valence electrons. The zero-order valence-electron chi connectivity index (χ0n) is 14.8. The Morgan fingerprint density at radius 2 is 1.92 bits per heavy atom. The number of hydrogen-bond donors (Lipinski definition) is 3. The van der Waals surface area contributed by atoms with Crippen LogP contribution in [0.2, 0.25) is 0 Å². The van der Waals surface area contributed by atoms with Crippen molar-refractivity contribution < 1.29 is 9.84 Å². The minimum absolute atomic E-state index is 0. The van der Waals surface area contributed by atoms with Crippen molar-refractivity contribution in [2.45, 2.75) is 38.7 Å². The molecule has 0 radical (unpaired) electrons. The number of nitrogens with zero attached hydrogens (tertiary/aromatic N) is 1. The van der Waals surface area contributed by atoms with Gasteiger partial charge in [-0.05, 0) is 38.2 Å². The molecular formula is C18H32IN3O2. The average molecular weight is 449 g/mol. The van der Waals surface area contributed by atoms with Gasteiger partial charge in [0.05, 0.1) is 6.10 Å². The number of benzene rings is 1. The molecule has 0 saturated carbocycles. The van der Waals surface area contributed by atoms with Crippen molar-refractivity contribution in [3.05, 3.63) is 35.9 Å². The van der Waals surface area contributed by atoms with Crippen molar-refractivity contribution in [3.8, 4) is 0 Å². The molecule has 1 atom stereocenters. The number of hydrogen-bond acceptors (Lipinski definition) is 3. The van der Waals surface area contributed by atoms with Gasteiger partial charge in [-0.15, -0.1) is 24.0 Å². The lowest BCUT2D eigenvalue weighted by molar-refractivity contribution is 0.168. The lowest BCUT2D eigenvalue weighted by Gasteiger charge is -2.14. The summed E-state index contributed by atoms with van der Waals surface area (Å²) in [6.45, 7) is 5.19. The van der Waals surface area contributed by atoms with Gasteiger partial charge in [0.25, 0.3) is 0 Å². The Hall–Kier alpha value is -0.860. The third-order valence-corrected chi connectivity index (χ3v) is 3.52. The molecule has 0 aliphatic carbocycles. The highest BCUT2D eigenvalue weighted by Crippen LogP contribution is 2.14. The third-order valence-electron chi connectivity index (χ3n) is 3.52. The minimum Gasteiger partial charge on any atom is -0.388 e. The standard InChI is InChI=1S/C18H31N3O2.HI/c1-3-19-18(20-13-8-5-9-15-23-2)21-14-12-17(22)16-10-6-4-7-11-16;/h4,6-7,10-11,17,22H,3,5,8-9,12-15H2,1-2H3,(H2,19,20,21);1H. The lowest BCUT2D eigenvalue weighted by atomic mass is 10.1. The summed E-state index contributed by atoms with van der Waals surface area (Å²) in [5.41, 5.74) is 0.953. The number of aliphatic imine (C=N–C) groups is 1. The van der Waals surface area contributed by atoms with E-state index in [0.717, 1.165) is 50.5 Å². The number of halogens is 1. The second-order valence-corrected chi connectivity index (χ2v) is 5.46. The number of unbranched alkanes of at least 4 members (excludes halogenated alkanes) is 2. The maximum atomic E-state index is 10.1. The first-order chi connectivity index (χ1) is 11.3. The smallest absolute Gasteiger partial charge is 0.191 e. The molecule has 1 unspecified atom stereocenters. The highest BCUT2D eigenvalue weighted by molar-refractivity contribution is 14.0. The van der Waals surface area contributed by atoms with Gasteiger partial charge in [-0.25, -0.2) is 0 Å². The molecule has 0 fully saturated rings. The summed E-state index contributed by atoms with van der Waals surface area (Å²) in [7, 11) is 1.73. The van der Waals surface area contributed by atoms with Gasteiger partial charge in [-0.1, -0.05) is 30.3 Å². The van der Waals surface area contributed by atoms with E-state index < -0.39 is 6.10 Å². The van der Waals surface area contributed by atoms with E-state index in [1.807, 2.05) is 30.3 Å². The summed E-state index contributed by atoms with van der Waals surface area (Å²) in [6.07, 6.45) is 3.48. The molecule has 0 aliphatic rings. The number of aliphatic hydroxyl groups is 1. The molecule has 1 aromatic rings. The van der Waals surface area contributed by atoms with Crippen LogP contribution in [0, 0.1) is 0 Å². The maximum absolute atomic E-state index is 10.1. The summed E-state index contributed by atoms with van der Waals surface area (Å²) in [6, 6.07) is 9.74. The molecular weight excluding hydrogens is 417 g/mol. The molecule has 0 heterocycles. The quantitative estimate of drug-likeness (QED) is 0.210. The van der Waals surface area contributed by atoms with Crippen LogP contribution in [0.25, 0.3) is 0 Å². The predicted molar refractivity (Wildman–Crippen MR) is 111 cm³/mol. The van der Waals surface area contributed by atoms with E-state index in [4.69, 9.17) is 4.74 Å². The van der Waals surface area contributed by atoms with Crippen LogP contribution >= 0.6 is 24.0 Å². The SMILES string of the molecule is CCNC(=NCCCCCOC)NCCC(O)c1ccccc1.I. The van der Waals surface area contributed by atoms with Gasteiger partial charge < -0.3 is 20.5 Å². The van der Waals surface area contributed by atoms with E-state index in [-0.39, 0.29) is 24.0 Å². The second kappa shape index (κ2) is 15.7. The molecule has 0 bridgehead atoms. The van der Waals surface area contributed by atoms with Crippen molar-refractivity contribution in [2.24, 2.45) is 4.99 Å².